The van der Waals surface area contributed by atoms with Crippen LogP contribution in [-0.4, -0.2) is 30.3 Å². The monoisotopic (exact) mass is 296 g/mol. The first-order valence-electron chi connectivity index (χ1n) is 8.56. The Bertz CT molecular complexity index is 347. The van der Waals surface area contributed by atoms with Crippen molar-refractivity contribution in [2.75, 3.05) is 6.54 Å². The lowest BCUT2D eigenvalue weighted by Gasteiger charge is -2.26. The highest BCUT2D eigenvalue weighted by Crippen LogP contribution is 2.34. The molecule has 0 aromatic carbocycles. The van der Waals surface area contributed by atoms with Gasteiger partial charge < -0.3 is 15.4 Å². The van der Waals surface area contributed by atoms with E-state index in [1.165, 1.54) is 38.5 Å². The quantitative estimate of drug-likeness (QED) is 0.789. The molecule has 1 amide bonds. The normalized spacial score (nSPS) is 27.4. The molecule has 4 heteroatoms. The van der Waals surface area contributed by atoms with E-state index in [1.807, 2.05) is 20.8 Å². The number of hydrogen-bond acceptors (Lipinski definition) is 3. The number of carbonyl (C=O) groups excluding carboxylic acids is 1. The highest BCUT2D eigenvalue weighted by Gasteiger charge is 2.30. The van der Waals surface area contributed by atoms with Crippen molar-refractivity contribution in [2.45, 2.75) is 83.9 Å². The van der Waals surface area contributed by atoms with Gasteiger partial charge in [-0.15, -0.1) is 0 Å². The maximum Gasteiger partial charge on any atom is 0.407 e. The minimum absolute atomic E-state index is 0.292. The lowest BCUT2D eigenvalue weighted by Crippen LogP contribution is -2.44. The zero-order chi connectivity index (χ0) is 15.5. The van der Waals surface area contributed by atoms with Crippen molar-refractivity contribution < 1.29 is 9.53 Å². The van der Waals surface area contributed by atoms with Gasteiger partial charge in [0.05, 0.1) is 0 Å². The standard InChI is InChI=1S/C17H32N2O2/c1-12(10-13-8-9-13)19-15-7-5-6-14(15)11-18-16(20)21-17(2,3)4/h12-15,19H,5-11H2,1-4H3,(H,18,20). The zero-order valence-electron chi connectivity index (χ0n) is 14.1. The van der Waals surface area contributed by atoms with Gasteiger partial charge in [-0.2, -0.15) is 0 Å². The molecule has 4 nitrogen and oxygen atoms in total. The molecular weight excluding hydrogens is 264 g/mol. The number of ether oxygens (including phenoxy) is 1. The Morgan fingerprint density at radius 3 is 2.57 bits per heavy atom. The highest BCUT2D eigenvalue weighted by molar-refractivity contribution is 5.67. The molecule has 0 aromatic heterocycles. The minimum Gasteiger partial charge on any atom is -0.444 e. The lowest BCUT2D eigenvalue weighted by atomic mass is 10.0. The molecule has 0 spiro atoms. The fraction of sp³-hybridized carbons (Fsp3) is 0.941. The third-order valence-electron chi connectivity index (χ3n) is 4.45. The Labute approximate surface area is 129 Å². The number of carbonyl (C=O) groups is 1. The Kier molecular flexibility index (Phi) is 5.53. The van der Waals surface area contributed by atoms with Crippen LogP contribution in [0, 0.1) is 11.8 Å². The van der Waals surface area contributed by atoms with Gasteiger partial charge >= 0.3 is 6.09 Å². The van der Waals surface area contributed by atoms with E-state index in [2.05, 4.69) is 17.6 Å². The summed E-state index contributed by atoms with van der Waals surface area (Å²) >= 11 is 0. The number of hydrogen-bond donors (Lipinski definition) is 2. The summed E-state index contributed by atoms with van der Waals surface area (Å²) < 4.78 is 5.30. The molecule has 2 N–H and O–H groups in total. The maximum atomic E-state index is 11.7. The van der Waals surface area contributed by atoms with Crippen molar-refractivity contribution in [3.8, 4) is 0 Å². The van der Waals surface area contributed by atoms with E-state index in [0.29, 0.717) is 18.0 Å². The third-order valence-corrected chi connectivity index (χ3v) is 4.45. The lowest BCUT2D eigenvalue weighted by molar-refractivity contribution is 0.0517. The van der Waals surface area contributed by atoms with Crippen LogP contribution < -0.4 is 10.6 Å². The van der Waals surface area contributed by atoms with Gasteiger partial charge in [0.25, 0.3) is 0 Å². The molecule has 2 aliphatic rings. The van der Waals surface area contributed by atoms with E-state index in [4.69, 9.17) is 4.74 Å². The van der Waals surface area contributed by atoms with Gasteiger partial charge in [-0.1, -0.05) is 19.3 Å². The molecule has 0 heterocycles. The predicted octanol–water partition coefficient (Wildman–Crippen LogP) is 3.46. The van der Waals surface area contributed by atoms with Gasteiger partial charge in [0.1, 0.15) is 5.60 Å². The van der Waals surface area contributed by atoms with Crippen LogP contribution in [0.1, 0.15) is 66.2 Å². The fourth-order valence-electron chi connectivity index (χ4n) is 3.32. The topological polar surface area (TPSA) is 50.4 Å². The van der Waals surface area contributed by atoms with Crippen molar-refractivity contribution >= 4 is 6.09 Å². The predicted molar refractivity (Wildman–Crippen MR) is 85.3 cm³/mol. The van der Waals surface area contributed by atoms with Crippen LogP contribution in [0.4, 0.5) is 4.79 Å². The van der Waals surface area contributed by atoms with Crippen molar-refractivity contribution in [1.82, 2.24) is 10.6 Å². The molecule has 2 rings (SSSR count). The second-order valence-corrected chi connectivity index (χ2v) is 7.93. The molecule has 0 aliphatic heterocycles. The Balaban J connectivity index is 1.69. The number of alkyl carbamates (subject to hydrolysis) is 1. The van der Waals surface area contributed by atoms with Gasteiger partial charge in [-0.05, 0) is 58.8 Å². The number of nitrogens with one attached hydrogen (secondary N) is 2. The summed E-state index contributed by atoms with van der Waals surface area (Å²) in [6, 6.07) is 1.15. The fourth-order valence-corrected chi connectivity index (χ4v) is 3.32. The molecule has 0 radical (unpaired) electrons. The smallest absolute Gasteiger partial charge is 0.407 e. The van der Waals surface area contributed by atoms with Gasteiger partial charge in [0.2, 0.25) is 0 Å². The first-order valence-corrected chi connectivity index (χ1v) is 8.56. The van der Waals surface area contributed by atoms with Crippen molar-refractivity contribution in [3.63, 3.8) is 0 Å². The summed E-state index contributed by atoms with van der Waals surface area (Å²) in [7, 11) is 0. The summed E-state index contributed by atoms with van der Waals surface area (Å²) in [5.41, 5.74) is -0.420. The van der Waals surface area contributed by atoms with E-state index < -0.39 is 5.60 Å². The molecule has 2 aliphatic carbocycles. The van der Waals surface area contributed by atoms with E-state index in [-0.39, 0.29) is 6.09 Å². The molecule has 3 unspecified atom stereocenters. The van der Waals surface area contributed by atoms with Crippen molar-refractivity contribution in [2.24, 2.45) is 11.8 Å². The van der Waals surface area contributed by atoms with Gasteiger partial charge in [-0.25, -0.2) is 4.79 Å². The van der Waals surface area contributed by atoms with Crippen molar-refractivity contribution in [3.05, 3.63) is 0 Å². The average Bonchev–Trinajstić information content (AvgIpc) is 3.03. The SMILES string of the molecule is CC(CC1CC1)NC1CCCC1CNC(=O)OC(C)(C)C. The van der Waals surface area contributed by atoms with Crippen LogP contribution in [0.25, 0.3) is 0 Å². The molecule has 122 valence electrons. The Morgan fingerprint density at radius 1 is 1.24 bits per heavy atom. The first-order chi connectivity index (χ1) is 9.83. The second-order valence-electron chi connectivity index (χ2n) is 7.93. The van der Waals surface area contributed by atoms with Crippen LogP contribution in [-0.2, 0) is 4.74 Å². The van der Waals surface area contributed by atoms with E-state index in [9.17, 15) is 4.79 Å². The molecule has 21 heavy (non-hydrogen) atoms. The van der Waals surface area contributed by atoms with E-state index in [1.54, 1.807) is 0 Å². The molecule has 0 bridgehead atoms. The molecule has 2 fully saturated rings. The zero-order valence-corrected chi connectivity index (χ0v) is 14.1. The Hall–Kier alpha value is -0.770. The van der Waals surface area contributed by atoms with Crippen LogP contribution >= 0.6 is 0 Å². The summed E-state index contributed by atoms with van der Waals surface area (Å²) in [5, 5.41) is 6.72. The summed E-state index contributed by atoms with van der Waals surface area (Å²) in [5.74, 6) is 1.51. The summed E-state index contributed by atoms with van der Waals surface area (Å²) in [6.45, 7) is 8.71. The Morgan fingerprint density at radius 2 is 1.95 bits per heavy atom. The number of rotatable bonds is 6. The second kappa shape index (κ2) is 6.99. The molecular formula is C17H32N2O2. The van der Waals surface area contributed by atoms with Gasteiger partial charge in [0, 0.05) is 18.6 Å². The summed E-state index contributed by atoms with van der Waals surface area (Å²) in [4.78, 5) is 11.7. The molecule has 3 atom stereocenters. The van der Waals surface area contributed by atoms with Gasteiger partial charge in [0.15, 0.2) is 0 Å². The van der Waals surface area contributed by atoms with Crippen LogP contribution in [0.15, 0.2) is 0 Å². The van der Waals surface area contributed by atoms with Crippen LogP contribution in [0.3, 0.4) is 0 Å². The van der Waals surface area contributed by atoms with Crippen LogP contribution in [0.2, 0.25) is 0 Å². The third kappa shape index (κ3) is 6.25. The molecule has 2 saturated carbocycles. The summed E-state index contributed by atoms with van der Waals surface area (Å²) in [6.07, 6.45) is 7.54. The molecule has 0 aromatic rings. The highest BCUT2D eigenvalue weighted by atomic mass is 16.6. The average molecular weight is 296 g/mol. The van der Waals surface area contributed by atoms with E-state index in [0.717, 1.165) is 12.5 Å². The largest absolute Gasteiger partial charge is 0.444 e. The van der Waals surface area contributed by atoms with Crippen LogP contribution in [0.5, 0.6) is 0 Å². The maximum absolute atomic E-state index is 11.7. The molecule has 0 saturated heterocycles. The van der Waals surface area contributed by atoms with Crippen molar-refractivity contribution in [1.29, 1.82) is 0 Å². The minimum atomic E-state index is -0.420. The van der Waals surface area contributed by atoms with E-state index >= 15 is 0 Å². The number of amides is 1. The van der Waals surface area contributed by atoms with Gasteiger partial charge in [-0.3, -0.25) is 0 Å². The first kappa shape index (κ1) is 16.6.